The molecule has 1 aromatic heterocycles. The maximum absolute atomic E-state index is 12.8. The van der Waals surface area contributed by atoms with Crippen LogP contribution in [0.25, 0.3) is 12.3 Å². The van der Waals surface area contributed by atoms with Gasteiger partial charge in [-0.1, -0.05) is 12.1 Å². The molecule has 2 aromatic rings. The molecule has 0 radical (unpaired) electrons. The Bertz CT molecular complexity index is 739. The fourth-order valence-corrected chi connectivity index (χ4v) is 2.55. The summed E-state index contributed by atoms with van der Waals surface area (Å²) in [6.45, 7) is 0.567. The molecule has 0 fully saturated rings. The van der Waals surface area contributed by atoms with Gasteiger partial charge in [0.05, 0.1) is 15.4 Å². The number of nitrogens with zero attached hydrogens (tertiary/aromatic N) is 2. The average Bonchev–Trinajstić information content (AvgIpc) is 2.93. The second-order valence-corrected chi connectivity index (χ2v) is 5.15. The zero-order chi connectivity index (χ0) is 13.9. The predicted molar refractivity (Wildman–Crippen MR) is 73.6 cm³/mol. The summed E-state index contributed by atoms with van der Waals surface area (Å²) in [4.78, 5) is 17.6. The van der Waals surface area contributed by atoms with Crippen molar-refractivity contribution in [2.45, 2.75) is 6.61 Å². The molecule has 1 amide bonds. The smallest absolute Gasteiger partial charge is 0.414 e. The summed E-state index contributed by atoms with van der Waals surface area (Å²) < 4.78 is 18.9. The van der Waals surface area contributed by atoms with Crippen molar-refractivity contribution in [3.63, 3.8) is 0 Å². The molecule has 4 nitrogen and oxygen atoms in total. The third-order valence-electron chi connectivity index (χ3n) is 2.89. The van der Waals surface area contributed by atoms with Crippen molar-refractivity contribution in [3.8, 4) is 0 Å². The van der Waals surface area contributed by atoms with Crippen LogP contribution in [0.5, 0.6) is 0 Å². The van der Waals surface area contributed by atoms with E-state index in [0.29, 0.717) is 6.54 Å². The molecule has 6 heteroatoms. The lowest BCUT2D eigenvalue weighted by atomic mass is 10.2. The summed E-state index contributed by atoms with van der Waals surface area (Å²) in [6, 6.07) is 5.87. The van der Waals surface area contributed by atoms with E-state index in [1.165, 1.54) is 28.4 Å². The molecule has 0 aliphatic carbocycles. The molecule has 0 atom stereocenters. The summed E-state index contributed by atoms with van der Waals surface area (Å²) in [5, 5.41) is 0.901. The molecule has 1 aliphatic heterocycles. The first-order valence-corrected chi connectivity index (χ1v) is 6.90. The molecule has 3 rings (SSSR count). The Kier molecular flexibility index (Phi) is 3.47. The molecule has 0 saturated carbocycles. The van der Waals surface area contributed by atoms with E-state index in [-0.39, 0.29) is 12.4 Å². The van der Waals surface area contributed by atoms with Gasteiger partial charge < -0.3 is 4.74 Å². The predicted octanol–water partition coefficient (Wildman–Crippen LogP) is 1.45. The molecule has 1 aromatic carbocycles. The highest BCUT2D eigenvalue weighted by atomic mass is 32.1. The van der Waals surface area contributed by atoms with Gasteiger partial charge >= 0.3 is 6.09 Å². The van der Waals surface area contributed by atoms with Crippen molar-refractivity contribution in [1.29, 1.82) is 0 Å². The van der Waals surface area contributed by atoms with Crippen LogP contribution < -0.4 is 9.88 Å². The third kappa shape index (κ3) is 2.70. The lowest BCUT2D eigenvalue weighted by Gasteiger charge is -2.17. The summed E-state index contributed by atoms with van der Waals surface area (Å²) in [5.74, 6) is -0.309. The largest absolute Gasteiger partial charge is 0.444 e. The lowest BCUT2D eigenvalue weighted by Crippen LogP contribution is -2.37. The summed E-state index contributed by atoms with van der Waals surface area (Å²) in [6.07, 6.45) is 3.19. The summed E-state index contributed by atoms with van der Waals surface area (Å²) in [7, 11) is 0. The minimum absolute atomic E-state index is 0.124. The number of thiazole rings is 1. The highest BCUT2D eigenvalue weighted by molar-refractivity contribution is 7.07. The summed E-state index contributed by atoms with van der Waals surface area (Å²) >= 11 is 1.47. The number of amides is 1. The van der Waals surface area contributed by atoms with Crippen molar-refractivity contribution in [2.24, 2.45) is 0 Å². The normalized spacial score (nSPS) is 13.2. The zero-order valence-electron chi connectivity index (χ0n) is 10.5. The van der Waals surface area contributed by atoms with Gasteiger partial charge in [0.2, 0.25) is 0 Å². The lowest BCUT2D eigenvalue weighted by molar-refractivity contribution is 0.118. The molecule has 0 N–H and O–H groups in total. The van der Waals surface area contributed by atoms with Crippen molar-refractivity contribution in [2.75, 3.05) is 6.54 Å². The van der Waals surface area contributed by atoms with Gasteiger partial charge in [-0.15, -0.1) is 11.3 Å². The number of halogens is 1. The van der Waals surface area contributed by atoms with E-state index in [0.717, 1.165) is 15.4 Å². The van der Waals surface area contributed by atoms with Gasteiger partial charge in [-0.05, 0) is 23.8 Å². The Hall–Kier alpha value is -2.21. The second-order valence-electron chi connectivity index (χ2n) is 4.27. The van der Waals surface area contributed by atoms with Crippen LogP contribution in [-0.2, 0) is 11.3 Å². The van der Waals surface area contributed by atoms with Crippen molar-refractivity contribution in [3.05, 3.63) is 51.0 Å². The van der Waals surface area contributed by atoms with E-state index in [9.17, 15) is 9.18 Å². The second kappa shape index (κ2) is 5.42. The topological polar surface area (TPSA) is 42.4 Å². The highest BCUT2D eigenvalue weighted by Crippen LogP contribution is 2.06. The number of aromatic nitrogens is 1. The number of hydrogen-bond acceptors (Lipinski definition) is 4. The first-order valence-electron chi connectivity index (χ1n) is 6.02. The Balaban J connectivity index is 1.64. The van der Waals surface area contributed by atoms with E-state index in [2.05, 4.69) is 4.98 Å². The minimum atomic E-state index is -0.426. The first kappa shape index (κ1) is 12.8. The molecule has 0 bridgehead atoms. The number of fused-ring (bicyclic) bond motifs is 1. The minimum Gasteiger partial charge on any atom is -0.444 e. The molecular formula is C14H11FN2O2S. The zero-order valence-corrected chi connectivity index (χ0v) is 11.3. The number of benzene rings is 1. The molecule has 1 aliphatic rings. The molecule has 20 heavy (non-hydrogen) atoms. The number of carbonyl (C=O) groups is 1. The van der Waals surface area contributed by atoms with Crippen molar-refractivity contribution < 1.29 is 13.9 Å². The number of carbonyl (C=O) groups excluding carboxylic acids is 1. The van der Waals surface area contributed by atoms with Gasteiger partial charge in [-0.2, -0.15) is 0 Å². The van der Waals surface area contributed by atoms with Crippen LogP contribution in [0.3, 0.4) is 0 Å². The van der Waals surface area contributed by atoms with Gasteiger partial charge in [0.1, 0.15) is 12.4 Å². The highest BCUT2D eigenvalue weighted by Gasteiger charge is 2.14. The fraction of sp³-hybridized carbons (Fsp3) is 0.143. The molecular weight excluding hydrogens is 279 g/mol. The van der Waals surface area contributed by atoms with Crippen molar-refractivity contribution >= 4 is 29.7 Å². The van der Waals surface area contributed by atoms with Gasteiger partial charge in [0.15, 0.2) is 0 Å². The Labute approximate surface area is 118 Å². The molecule has 102 valence electrons. The SMILES string of the molecule is O=C(OCc1ccc(F)cc1)N1C=c2scnc2=CC1. The molecule has 0 unspecified atom stereocenters. The Morgan fingerprint density at radius 1 is 1.40 bits per heavy atom. The quantitative estimate of drug-likeness (QED) is 0.841. The average molecular weight is 290 g/mol. The van der Waals surface area contributed by atoms with Crippen LogP contribution in [0.1, 0.15) is 5.56 Å². The van der Waals surface area contributed by atoms with Crippen LogP contribution in [0.4, 0.5) is 9.18 Å². The van der Waals surface area contributed by atoms with E-state index in [4.69, 9.17) is 4.74 Å². The monoisotopic (exact) mass is 290 g/mol. The van der Waals surface area contributed by atoms with Crippen LogP contribution in [-0.4, -0.2) is 22.5 Å². The van der Waals surface area contributed by atoms with Gasteiger partial charge in [0.25, 0.3) is 0 Å². The number of ether oxygens (including phenoxy) is 1. The van der Waals surface area contributed by atoms with E-state index in [1.54, 1.807) is 23.8 Å². The van der Waals surface area contributed by atoms with Crippen LogP contribution in [0.15, 0.2) is 29.8 Å². The maximum Gasteiger partial charge on any atom is 0.414 e. The number of hydrogen-bond donors (Lipinski definition) is 0. The third-order valence-corrected chi connectivity index (χ3v) is 3.67. The van der Waals surface area contributed by atoms with Crippen LogP contribution in [0.2, 0.25) is 0 Å². The van der Waals surface area contributed by atoms with Gasteiger partial charge in [0, 0.05) is 12.7 Å². The molecule has 2 heterocycles. The maximum atomic E-state index is 12.8. The van der Waals surface area contributed by atoms with Gasteiger partial charge in [-0.3, -0.25) is 4.90 Å². The van der Waals surface area contributed by atoms with E-state index >= 15 is 0 Å². The number of rotatable bonds is 2. The Morgan fingerprint density at radius 3 is 3.00 bits per heavy atom. The van der Waals surface area contributed by atoms with Crippen LogP contribution in [0, 0.1) is 5.82 Å². The Morgan fingerprint density at radius 2 is 2.20 bits per heavy atom. The molecule has 0 spiro atoms. The van der Waals surface area contributed by atoms with Crippen LogP contribution >= 0.6 is 11.3 Å². The van der Waals surface area contributed by atoms with E-state index in [1.807, 2.05) is 6.08 Å². The standard InChI is InChI=1S/C14H11FN2O2S/c15-11-3-1-10(2-4-11)8-19-14(18)17-6-5-12-13(7-17)20-9-16-12/h1-5,7,9H,6,8H2. The first-order chi connectivity index (χ1) is 9.72. The molecule has 0 saturated heterocycles. The summed E-state index contributed by atoms with van der Waals surface area (Å²) in [5.41, 5.74) is 2.49. The fourth-order valence-electron chi connectivity index (χ4n) is 1.83. The van der Waals surface area contributed by atoms with Gasteiger partial charge in [-0.25, -0.2) is 14.2 Å². The van der Waals surface area contributed by atoms with Crippen molar-refractivity contribution in [1.82, 2.24) is 9.88 Å². The van der Waals surface area contributed by atoms with E-state index < -0.39 is 6.09 Å².